The number of carbonyl (C=O) groups excluding carboxylic acids is 1. The van der Waals surface area contributed by atoms with E-state index in [9.17, 15) is 9.59 Å². The lowest BCUT2D eigenvalue weighted by Crippen LogP contribution is -2.39. The van der Waals surface area contributed by atoms with Gasteiger partial charge >= 0.3 is 0 Å². The van der Waals surface area contributed by atoms with Crippen molar-refractivity contribution in [1.82, 2.24) is 14.5 Å². The third-order valence-electron chi connectivity index (χ3n) is 6.62. The number of carbonyl (C=O) groups is 1. The molecule has 1 atom stereocenters. The van der Waals surface area contributed by atoms with E-state index in [2.05, 4.69) is 46.8 Å². The number of hydrogen-bond acceptors (Lipinski definition) is 3. The summed E-state index contributed by atoms with van der Waals surface area (Å²) in [5.41, 5.74) is 2.60. The molecular weight excluding hydrogens is 434 g/mol. The van der Waals surface area contributed by atoms with Crippen molar-refractivity contribution in [3.63, 3.8) is 0 Å². The Kier molecular flexibility index (Phi) is 9.64. The molecule has 0 aliphatic heterocycles. The minimum Gasteiger partial charge on any atom is -0.332 e. The summed E-state index contributed by atoms with van der Waals surface area (Å²) in [7, 11) is 0. The molecule has 0 fully saturated rings. The lowest BCUT2D eigenvalue weighted by molar-refractivity contribution is -0.135. The zero-order valence-corrected chi connectivity index (χ0v) is 22.1. The number of fused-ring (bicyclic) bond motifs is 1. The van der Waals surface area contributed by atoms with E-state index >= 15 is 0 Å². The molecule has 0 aliphatic carbocycles. The van der Waals surface area contributed by atoms with Gasteiger partial charge in [0.15, 0.2) is 0 Å². The fraction of sp³-hybridized carbons (Fsp3) is 0.500. The molecule has 3 aromatic rings. The molecule has 5 heteroatoms. The minimum absolute atomic E-state index is 0.0875. The van der Waals surface area contributed by atoms with Crippen LogP contribution in [0, 0.1) is 5.92 Å². The van der Waals surface area contributed by atoms with Crippen LogP contribution in [-0.2, 0) is 11.2 Å². The molecule has 35 heavy (non-hydrogen) atoms. The van der Waals surface area contributed by atoms with Crippen LogP contribution in [0.3, 0.4) is 0 Å². The number of unbranched alkanes of at least 4 members (excludes halogenated alkanes) is 3. The predicted molar refractivity (Wildman–Crippen MR) is 145 cm³/mol. The SMILES string of the molecule is CCCCCCN(C(=O)CC(C)C)C(CC)c1nc2ccccc2c(=O)n1-c1ccc(CC)cc1. The second-order valence-electron chi connectivity index (χ2n) is 9.82. The molecule has 0 bridgehead atoms. The molecule has 188 valence electrons. The molecule has 5 nitrogen and oxygen atoms in total. The van der Waals surface area contributed by atoms with Crippen LogP contribution in [0.2, 0.25) is 0 Å². The van der Waals surface area contributed by atoms with Gasteiger partial charge in [0.2, 0.25) is 5.91 Å². The molecule has 0 radical (unpaired) electrons. The van der Waals surface area contributed by atoms with Crippen molar-refractivity contribution in [2.75, 3.05) is 6.54 Å². The van der Waals surface area contributed by atoms with Gasteiger partial charge < -0.3 is 4.90 Å². The monoisotopic (exact) mass is 475 g/mol. The molecule has 0 aliphatic rings. The Balaban J connectivity index is 2.18. The van der Waals surface area contributed by atoms with Crippen molar-refractivity contribution >= 4 is 16.8 Å². The Labute approximate surface area is 210 Å². The third-order valence-corrected chi connectivity index (χ3v) is 6.62. The van der Waals surface area contributed by atoms with Crippen LogP contribution in [0.15, 0.2) is 53.3 Å². The Morgan fingerprint density at radius 3 is 2.31 bits per heavy atom. The summed E-state index contributed by atoms with van der Waals surface area (Å²) < 4.78 is 1.73. The summed E-state index contributed by atoms with van der Waals surface area (Å²) >= 11 is 0. The second kappa shape index (κ2) is 12.7. The van der Waals surface area contributed by atoms with Crippen molar-refractivity contribution in [3.8, 4) is 5.69 Å². The zero-order valence-electron chi connectivity index (χ0n) is 22.1. The molecule has 0 saturated heterocycles. The van der Waals surface area contributed by atoms with Crippen LogP contribution < -0.4 is 5.56 Å². The summed E-state index contributed by atoms with van der Waals surface area (Å²) in [6.07, 6.45) is 6.47. The first-order valence-electron chi connectivity index (χ1n) is 13.3. The van der Waals surface area contributed by atoms with E-state index in [-0.39, 0.29) is 23.4 Å². The van der Waals surface area contributed by atoms with E-state index in [1.165, 1.54) is 5.56 Å². The molecule has 1 aromatic heterocycles. The number of para-hydroxylation sites is 1. The first kappa shape index (κ1) is 26.7. The summed E-state index contributed by atoms with van der Waals surface area (Å²) in [4.78, 5) is 34.3. The van der Waals surface area contributed by atoms with Crippen LogP contribution in [0.5, 0.6) is 0 Å². The standard InChI is InChI=1S/C30H41N3O2/c1-6-9-10-13-20-32(28(34)21-22(4)5)27(8-3)29-31-26-15-12-11-14-25(26)30(35)33(29)24-18-16-23(7-2)17-19-24/h11-12,14-19,22,27H,6-10,13,20-21H2,1-5H3. The number of aromatic nitrogens is 2. The van der Waals surface area contributed by atoms with Gasteiger partial charge in [0.1, 0.15) is 5.82 Å². The molecule has 1 heterocycles. The van der Waals surface area contributed by atoms with Gasteiger partial charge in [-0.25, -0.2) is 4.98 Å². The van der Waals surface area contributed by atoms with Gasteiger partial charge in [0.05, 0.1) is 22.6 Å². The van der Waals surface area contributed by atoms with E-state index in [4.69, 9.17) is 4.98 Å². The number of aryl methyl sites for hydroxylation is 1. The Morgan fingerprint density at radius 2 is 1.69 bits per heavy atom. The first-order valence-corrected chi connectivity index (χ1v) is 13.3. The van der Waals surface area contributed by atoms with E-state index in [0.717, 1.165) is 37.8 Å². The summed E-state index contributed by atoms with van der Waals surface area (Å²) in [5.74, 6) is 1.05. The van der Waals surface area contributed by atoms with Crippen molar-refractivity contribution in [2.45, 2.75) is 85.6 Å². The van der Waals surface area contributed by atoms with Gasteiger partial charge in [0, 0.05) is 13.0 Å². The van der Waals surface area contributed by atoms with Crippen molar-refractivity contribution in [1.29, 1.82) is 0 Å². The maximum Gasteiger partial charge on any atom is 0.266 e. The Bertz CT molecular complexity index is 1160. The molecule has 3 rings (SSSR count). The molecule has 0 saturated carbocycles. The normalized spacial score (nSPS) is 12.3. The highest BCUT2D eigenvalue weighted by Crippen LogP contribution is 2.28. The molecule has 0 N–H and O–H groups in total. The van der Waals surface area contributed by atoms with Gasteiger partial charge in [-0.15, -0.1) is 0 Å². The molecule has 1 unspecified atom stereocenters. The number of rotatable bonds is 12. The summed E-state index contributed by atoms with van der Waals surface area (Å²) in [5, 5.41) is 0.591. The average molecular weight is 476 g/mol. The van der Waals surface area contributed by atoms with Crippen LogP contribution >= 0.6 is 0 Å². The van der Waals surface area contributed by atoms with Crippen molar-refractivity contribution < 1.29 is 4.79 Å². The highest BCUT2D eigenvalue weighted by Gasteiger charge is 2.29. The second-order valence-corrected chi connectivity index (χ2v) is 9.82. The van der Waals surface area contributed by atoms with E-state index in [1.807, 2.05) is 41.3 Å². The number of nitrogens with zero attached hydrogens (tertiary/aromatic N) is 3. The van der Waals surface area contributed by atoms with Gasteiger partial charge in [-0.1, -0.05) is 78.1 Å². The third kappa shape index (κ3) is 6.39. The molecule has 1 amide bonds. The molecule has 2 aromatic carbocycles. The number of hydrogen-bond donors (Lipinski definition) is 0. The van der Waals surface area contributed by atoms with Crippen LogP contribution in [0.1, 0.15) is 90.6 Å². The highest BCUT2D eigenvalue weighted by atomic mass is 16.2. The summed E-state index contributed by atoms with van der Waals surface area (Å²) in [6.45, 7) is 11.2. The van der Waals surface area contributed by atoms with E-state index in [0.29, 0.717) is 36.1 Å². The minimum atomic E-state index is -0.272. The lowest BCUT2D eigenvalue weighted by Gasteiger charge is -2.33. The van der Waals surface area contributed by atoms with Crippen molar-refractivity contribution in [2.24, 2.45) is 5.92 Å². The van der Waals surface area contributed by atoms with Gasteiger partial charge in [-0.2, -0.15) is 0 Å². The maximum absolute atomic E-state index is 13.8. The Hall–Kier alpha value is -2.95. The predicted octanol–water partition coefficient (Wildman–Crippen LogP) is 6.85. The molecule has 0 spiro atoms. The maximum atomic E-state index is 13.8. The zero-order chi connectivity index (χ0) is 25.4. The smallest absolute Gasteiger partial charge is 0.266 e. The number of amides is 1. The van der Waals surface area contributed by atoms with E-state index < -0.39 is 0 Å². The highest BCUT2D eigenvalue weighted by molar-refractivity contribution is 5.79. The number of benzene rings is 2. The summed E-state index contributed by atoms with van der Waals surface area (Å²) in [6, 6.07) is 15.3. The van der Waals surface area contributed by atoms with Gasteiger partial charge in [-0.3, -0.25) is 14.2 Å². The van der Waals surface area contributed by atoms with Crippen LogP contribution in [0.4, 0.5) is 0 Å². The quantitative estimate of drug-likeness (QED) is 0.269. The van der Waals surface area contributed by atoms with Gasteiger partial charge in [-0.05, 0) is 55.0 Å². The largest absolute Gasteiger partial charge is 0.332 e. The topological polar surface area (TPSA) is 55.2 Å². The lowest BCUT2D eigenvalue weighted by atomic mass is 10.0. The average Bonchev–Trinajstić information content (AvgIpc) is 2.85. The first-order chi connectivity index (χ1) is 16.9. The van der Waals surface area contributed by atoms with Crippen LogP contribution in [0.25, 0.3) is 16.6 Å². The molecular formula is C30H41N3O2. The van der Waals surface area contributed by atoms with Crippen molar-refractivity contribution in [3.05, 3.63) is 70.3 Å². The van der Waals surface area contributed by atoms with Gasteiger partial charge in [0.25, 0.3) is 5.56 Å². The fourth-order valence-corrected chi connectivity index (χ4v) is 4.68. The fourth-order valence-electron chi connectivity index (χ4n) is 4.68. The van der Waals surface area contributed by atoms with E-state index in [1.54, 1.807) is 4.57 Å². The van der Waals surface area contributed by atoms with Crippen LogP contribution in [-0.4, -0.2) is 26.9 Å². The Morgan fingerprint density at radius 1 is 0.971 bits per heavy atom.